The van der Waals surface area contributed by atoms with Gasteiger partial charge in [-0.25, -0.2) is 0 Å². The number of hydrogen-bond acceptors (Lipinski definition) is 4. The van der Waals surface area contributed by atoms with Crippen LogP contribution in [0.2, 0.25) is 0 Å². The van der Waals surface area contributed by atoms with Gasteiger partial charge in [-0.1, -0.05) is 0 Å². The van der Waals surface area contributed by atoms with Crippen LogP contribution in [0.3, 0.4) is 0 Å². The topological polar surface area (TPSA) is 41.5 Å². The predicted octanol–water partition coefficient (Wildman–Crippen LogP) is 2.00. The molecule has 0 radical (unpaired) electrons. The molecule has 17 heavy (non-hydrogen) atoms. The van der Waals surface area contributed by atoms with Crippen molar-refractivity contribution < 1.29 is 9.84 Å². The standard InChI is InChI=1S/C13H21NO2S/c1-10-7-12(11(2)17-10)8-14-9-13(15)3-5-16-6-4-13/h7,14-15H,3-6,8-9H2,1-2H3. The Bertz CT molecular complexity index is 369. The van der Waals surface area contributed by atoms with E-state index in [1.165, 1.54) is 15.3 Å². The van der Waals surface area contributed by atoms with Crippen molar-refractivity contribution in [2.75, 3.05) is 19.8 Å². The molecule has 1 aliphatic rings. The Kier molecular flexibility index (Phi) is 4.20. The average Bonchev–Trinajstić information content (AvgIpc) is 2.58. The third kappa shape index (κ3) is 3.52. The summed E-state index contributed by atoms with van der Waals surface area (Å²) in [7, 11) is 0. The second kappa shape index (κ2) is 5.48. The third-order valence-corrected chi connectivity index (χ3v) is 4.35. The number of aryl methyl sites for hydroxylation is 2. The Morgan fingerprint density at radius 1 is 1.41 bits per heavy atom. The second-order valence-electron chi connectivity index (χ2n) is 4.88. The molecule has 0 unspecified atom stereocenters. The van der Waals surface area contributed by atoms with E-state index in [-0.39, 0.29) is 0 Å². The highest BCUT2D eigenvalue weighted by Gasteiger charge is 2.29. The van der Waals surface area contributed by atoms with Crippen LogP contribution in [0.4, 0.5) is 0 Å². The van der Waals surface area contributed by atoms with Crippen molar-refractivity contribution >= 4 is 11.3 Å². The second-order valence-corrected chi connectivity index (χ2v) is 6.34. The van der Waals surface area contributed by atoms with Crippen LogP contribution in [-0.2, 0) is 11.3 Å². The SMILES string of the molecule is Cc1cc(CNCC2(O)CCOCC2)c(C)s1. The highest BCUT2D eigenvalue weighted by Crippen LogP contribution is 2.22. The molecule has 0 saturated carbocycles. The van der Waals surface area contributed by atoms with Gasteiger partial charge in [0, 0.05) is 48.9 Å². The Balaban J connectivity index is 1.81. The summed E-state index contributed by atoms with van der Waals surface area (Å²) in [5.41, 5.74) is 0.778. The molecule has 0 aromatic carbocycles. The smallest absolute Gasteiger partial charge is 0.0815 e. The first kappa shape index (κ1) is 13.0. The van der Waals surface area contributed by atoms with Crippen LogP contribution in [-0.4, -0.2) is 30.5 Å². The monoisotopic (exact) mass is 255 g/mol. The molecule has 1 aromatic rings. The Morgan fingerprint density at radius 3 is 2.71 bits per heavy atom. The number of rotatable bonds is 4. The van der Waals surface area contributed by atoms with Crippen LogP contribution in [0, 0.1) is 13.8 Å². The number of thiophene rings is 1. The van der Waals surface area contributed by atoms with E-state index < -0.39 is 5.60 Å². The molecule has 1 aliphatic heterocycles. The molecule has 2 N–H and O–H groups in total. The van der Waals surface area contributed by atoms with Crippen molar-refractivity contribution in [3.05, 3.63) is 21.4 Å². The number of nitrogens with one attached hydrogen (secondary N) is 1. The van der Waals surface area contributed by atoms with Gasteiger partial charge in [-0.3, -0.25) is 0 Å². The van der Waals surface area contributed by atoms with E-state index in [1.54, 1.807) is 0 Å². The van der Waals surface area contributed by atoms with Crippen LogP contribution in [0.5, 0.6) is 0 Å². The van der Waals surface area contributed by atoms with Crippen LogP contribution in [0.1, 0.15) is 28.2 Å². The van der Waals surface area contributed by atoms with Gasteiger partial charge in [-0.2, -0.15) is 0 Å². The summed E-state index contributed by atoms with van der Waals surface area (Å²) < 4.78 is 5.27. The summed E-state index contributed by atoms with van der Waals surface area (Å²) in [4.78, 5) is 2.72. The Hall–Kier alpha value is -0.420. The van der Waals surface area contributed by atoms with Gasteiger partial charge in [0.05, 0.1) is 5.60 Å². The molecular formula is C13H21NO2S. The van der Waals surface area contributed by atoms with Crippen LogP contribution >= 0.6 is 11.3 Å². The van der Waals surface area contributed by atoms with Crippen LogP contribution in [0.25, 0.3) is 0 Å². The van der Waals surface area contributed by atoms with Crippen molar-refractivity contribution in [2.24, 2.45) is 0 Å². The van der Waals surface area contributed by atoms with Crippen LogP contribution < -0.4 is 5.32 Å². The highest BCUT2D eigenvalue weighted by molar-refractivity contribution is 7.12. The maximum atomic E-state index is 10.3. The summed E-state index contributed by atoms with van der Waals surface area (Å²) >= 11 is 1.83. The van der Waals surface area contributed by atoms with Crippen molar-refractivity contribution in [3.8, 4) is 0 Å². The predicted molar refractivity (Wildman–Crippen MR) is 70.5 cm³/mol. The fraction of sp³-hybridized carbons (Fsp3) is 0.692. The van der Waals surface area contributed by atoms with E-state index in [1.807, 2.05) is 11.3 Å². The highest BCUT2D eigenvalue weighted by atomic mass is 32.1. The molecule has 0 aliphatic carbocycles. The summed E-state index contributed by atoms with van der Waals surface area (Å²) in [5.74, 6) is 0. The van der Waals surface area contributed by atoms with E-state index in [0.717, 1.165) is 19.4 Å². The average molecular weight is 255 g/mol. The maximum Gasteiger partial charge on any atom is 0.0815 e. The summed E-state index contributed by atoms with van der Waals surface area (Å²) in [5, 5.41) is 13.7. The zero-order valence-electron chi connectivity index (χ0n) is 10.6. The van der Waals surface area contributed by atoms with E-state index in [0.29, 0.717) is 19.8 Å². The first-order valence-electron chi connectivity index (χ1n) is 6.16. The third-order valence-electron chi connectivity index (χ3n) is 3.34. The van der Waals surface area contributed by atoms with Crippen molar-refractivity contribution in [1.82, 2.24) is 5.32 Å². The molecule has 0 bridgehead atoms. The first-order valence-corrected chi connectivity index (χ1v) is 6.97. The molecule has 2 rings (SSSR count). The molecule has 1 fully saturated rings. The van der Waals surface area contributed by atoms with Crippen molar-refractivity contribution in [2.45, 2.75) is 38.8 Å². The minimum absolute atomic E-state index is 0.572. The van der Waals surface area contributed by atoms with Crippen molar-refractivity contribution in [3.63, 3.8) is 0 Å². The van der Waals surface area contributed by atoms with Crippen molar-refractivity contribution in [1.29, 1.82) is 0 Å². The van der Waals surface area contributed by atoms with Gasteiger partial charge in [0.25, 0.3) is 0 Å². The van der Waals surface area contributed by atoms with E-state index in [4.69, 9.17) is 4.74 Å². The molecule has 0 spiro atoms. The molecule has 1 aromatic heterocycles. The van der Waals surface area contributed by atoms with E-state index in [2.05, 4.69) is 25.2 Å². The normalized spacial score (nSPS) is 19.5. The van der Waals surface area contributed by atoms with Gasteiger partial charge >= 0.3 is 0 Å². The molecule has 96 valence electrons. The number of hydrogen-bond donors (Lipinski definition) is 2. The van der Waals surface area contributed by atoms with Gasteiger partial charge < -0.3 is 15.2 Å². The lowest BCUT2D eigenvalue weighted by molar-refractivity contribution is -0.0617. The fourth-order valence-electron chi connectivity index (χ4n) is 2.22. The maximum absolute atomic E-state index is 10.3. The number of ether oxygens (including phenoxy) is 1. The largest absolute Gasteiger partial charge is 0.388 e. The van der Waals surface area contributed by atoms with E-state index >= 15 is 0 Å². The fourth-order valence-corrected chi connectivity index (χ4v) is 3.16. The zero-order chi connectivity index (χ0) is 12.3. The molecule has 0 atom stereocenters. The molecule has 1 saturated heterocycles. The lowest BCUT2D eigenvalue weighted by Gasteiger charge is -2.32. The minimum Gasteiger partial charge on any atom is -0.388 e. The van der Waals surface area contributed by atoms with Gasteiger partial charge in [-0.15, -0.1) is 11.3 Å². The van der Waals surface area contributed by atoms with Gasteiger partial charge in [0.15, 0.2) is 0 Å². The first-order chi connectivity index (χ1) is 8.09. The zero-order valence-corrected chi connectivity index (χ0v) is 11.4. The molecule has 0 amide bonds. The lowest BCUT2D eigenvalue weighted by Crippen LogP contribution is -2.44. The van der Waals surface area contributed by atoms with Gasteiger partial charge in [-0.05, 0) is 25.5 Å². The molecule has 3 nitrogen and oxygen atoms in total. The summed E-state index contributed by atoms with van der Waals surface area (Å²) in [6, 6.07) is 2.22. The van der Waals surface area contributed by atoms with Crippen LogP contribution in [0.15, 0.2) is 6.07 Å². The summed E-state index contributed by atoms with van der Waals surface area (Å²) in [6.07, 6.45) is 1.48. The molecular weight excluding hydrogens is 234 g/mol. The summed E-state index contributed by atoms with van der Waals surface area (Å²) in [6.45, 7) is 7.14. The Labute approximate surface area is 107 Å². The molecule has 2 heterocycles. The van der Waals surface area contributed by atoms with Gasteiger partial charge in [0.1, 0.15) is 0 Å². The molecule has 4 heteroatoms. The number of aliphatic hydroxyl groups is 1. The van der Waals surface area contributed by atoms with Gasteiger partial charge in [0.2, 0.25) is 0 Å². The quantitative estimate of drug-likeness (QED) is 0.864. The lowest BCUT2D eigenvalue weighted by atomic mass is 9.94. The van der Waals surface area contributed by atoms with E-state index in [9.17, 15) is 5.11 Å². The Morgan fingerprint density at radius 2 is 2.12 bits per heavy atom. The minimum atomic E-state index is -0.572.